The van der Waals surface area contributed by atoms with Crippen molar-refractivity contribution in [3.8, 4) is 0 Å². The predicted octanol–water partition coefficient (Wildman–Crippen LogP) is 0.883. The minimum absolute atomic E-state index is 0.694. The summed E-state index contributed by atoms with van der Waals surface area (Å²) in [6.07, 6.45) is 1.91. The zero-order valence-electron chi connectivity index (χ0n) is 5.96. The van der Waals surface area contributed by atoms with Gasteiger partial charge in [-0.3, -0.25) is 0 Å². The fourth-order valence-electron chi connectivity index (χ4n) is 0.308. The topological polar surface area (TPSA) is 28.0 Å². The highest BCUT2D eigenvalue weighted by Gasteiger charge is 1.89. The third-order valence-corrected chi connectivity index (χ3v) is 1.18. The summed E-state index contributed by atoms with van der Waals surface area (Å²) in [6.45, 7) is 3.36. The molecule has 0 aromatic rings. The van der Waals surface area contributed by atoms with Crippen LogP contribution in [-0.4, -0.2) is 37.2 Å². The minimum Gasteiger partial charge on any atom is -0.301 e. The molecule has 3 nitrogen and oxygen atoms in total. The molecule has 0 aromatic carbocycles. The van der Waals surface area contributed by atoms with Crippen LogP contribution >= 0.6 is 11.8 Å². The third-order valence-electron chi connectivity index (χ3n) is 0.603. The van der Waals surface area contributed by atoms with Crippen molar-refractivity contribution in [3.05, 3.63) is 0 Å². The molecule has 0 fully saturated rings. The van der Waals surface area contributed by atoms with E-state index in [1.54, 1.807) is 5.01 Å². The second kappa shape index (κ2) is 4.38. The molecule has 0 aliphatic rings. The summed E-state index contributed by atoms with van der Waals surface area (Å²) in [5.41, 5.74) is 0. The Morgan fingerprint density at radius 3 is 2.22 bits per heavy atom. The summed E-state index contributed by atoms with van der Waals surface area (Å²) in [6, 6.07) is 0. The Balaban J connectivity index is 3.90. The van der Waals surface area contributed by atoms with Crippen LogP contribution in [0.15, 0.2) is 10.1 Å². The van der Waals surface area contributed by atoms with Gasteiger partial charge in [0.25, 0.3) is 0 Å². The standard InChI is InChI=1S/C5H11N3S/c1-6-5(9-4)7-8(2)3/h1H2,2-4H3/b7-5+. The van der Waals surface area contributed by atoms with Crippen LogP contribution in [0.1, 0.15) is 0 Å². The monoisotopic (exact) mass is 145 g/mol. The molecule has 4 heteroatoms. The highest BCUT2D eigenvalue weighted by molar-refractivity contribution is 8.13. The molecule has 0 atom stereocenters. The average Bonchev–Trinajstić information content (AvgIpc) is 1.82. The van der Waals surface area contributed by atoms with Crippen molar-refractivity contribution in [1.82, 2.24) is 5.01 Å². The number of hydrogen-bond donors (Lipinski definition) is 0. The first kappa shape index (κ1) is 8.49. The van der Waals surface area contributed by atoms with Crippen molar-refractivity contribution < 1.29 is 0 Å². The van der Waals surface area contributed by atoms with E-state index in [-0.39, 0.29) is 0 Å². The first-order valence-corrected chi connectivity index (χ1v) is 3.69. The minimum atomic E-state index is 0.694. The summed E-state index contributed by atoms with van der Waals surface area (Å²) >= 11 is 1.48. The zero-order chi connectivity index (χ0) is 7.28. The van der Waals surface area contributed by atoms with Crippen LogP contribution < -0.4 is 0 Å². The van der Waals surface area contributed by atoms with Gasteiger partial charge in [-0.05, 0) is 13.0 Å². The van der Waals surface area contributed by atoms with Crippen molar-refractivity contribution in [3.63, 3.8) is 0 Å². The van der Waals surface area contributed by atoms with Gasteiger partial charge in [-0.15, -0.1) is 0 Å². The molecule has 0 saturated carbocycles. The van der Waals surface area contributed by atoms with Crippen LogP contribution in [0.4, 0.5) is 0 Å². The lowest BCUT2D eigenvalue weighted by Crippen LogP contribution is -2.04. The van der Waals surface area contributed by atoms with Gasteiger partial charge >= 0.3 is 0 Å². The van der Waals surface area contributed by atoms with Crippen LogP contribution in [0, 0.1) is 0 Å². The van der Waals surface area contributed by atoms with E-state index in [9.17, 15) is 0 Å². The van der Waals surface area contributed by atoms with Gasteiger partial charge in [0.15, 0.2) is 0 Å². The van der Waals surface area contributed by atoms with Crippen molar-refractivity contribution in [2.24, 2.45) is 10.1 Å². The molecule has 0 amide bonds. The van der Waals surface area contributed by atoms with E-state index < -0.39 is 0 Å². The van der Waals surface area contributed by atoms with Gasteiger partial charge in [0.2, 0.25) is 5.17 Å². The molecule has 0 aliphatic heterocycles. The molecular formula is C5H11N3S. The van der Waals surface area contributed by atoms with Gasteiger partial charge in [-0.25, -0.2) is 4.99 Å². The third kappa shape index (κ3) is 4.02. The number of thioether (sulfide) groups is 1. The largest absolute Gasteiger partial charge is 0.301 e. The molecule has 0 radical (unpaired) electrons. The number of hydrazone groups is 1. The quantitative estimate of drug-likeness (QED) is 0.311. The number of nitrogens with zero attached hydrogens (tertiary/aromatic N) is 3. The maximum Gasteiger partial charge on any atom is 0.205 e. The maximum absolute atomic E-state index is 4.00. The summed E-state index contributed by atoms with van der Waals surface area (Å²) in [5.74, 6) is 0. The molecule has 0 aromatic heterocycles. The molecule has 0 spiro atoms. The Bertz CT molecular complexity index is 119. The summed E-state index contributed by atoms with van der Waals surface area (Å²) in [5, 5.41) is 6.39. The van der Waals surface area contributed by atoms with Crippen LogP contribution in [0.3, 0.4) is 0 Å². The second-order valence-electron chi connectivity index (χ2n) is 1.59. The van der Waals surface area contributed by atoms with Crippen molar-refractivity contribution in [2.45, 2.75) is 0 Å². The fraction of sp³-hybridized carbons (Fsp3) is 0.600. The lowest BCUT2D eigenvalue weighted by molar-refractivity contribution is 0.439. The van der Waals surface area contributed by atoms with Gasteiger partial charge < -0.3 is 5.01 Å². The SMILES string of the molecule is C=N/C(=N\N(C)C)SC. The molecule has 0 heterocycles. The Labute approximate surface area is 59.8 Å². The lowest BCUT2D eigenvalue weighted by Gasteiger charge is -2.03. The Morgan fingerprint density at radius 2 is 2.11 bits per heavy atom. The molecule has 0 aliphatic carbocycles. The molecular weight excluding hydrogens is 134 g/mol. The van der Waals surface area contributed by atoms with Gasteiger partial charge in [0, 0.05) is 14.1 Å². The summed E-state index contributed by atoms with van der Waals surface area (Å²) in [4.78, 5) is 3.67. The molecule has 0 bridgehead atoms. The first-order valence-electron chi connectivity index (χ1n) is 2.47. The number of hydrogen-bond acceptors (Lipinski definition) is 3. The molecule has 0 saturated heterocycles. The summed E-state index contributed by atoms with van der Waals surface area (Å²) < 4.78 is 0. The first-order chi connectivity index (χ1) is 4.20. The molecule has 0 N–H and O–H groups in total. The molecule has 9 heavy (non-hydrogen) atoms. The highest BCUT2D eigenvalue weighted by atomic mass is 32.2. The smallest absolute Gasteiger partial charge is 0.205 e. The number of amidine groups is 1. The van der Waals surface area contributed by atoms with Gasteiger partial charge in [0.1, 0.15) is 0 Å². The Hall–Kier alpha value is -0.510. The van der Waals surface area contributed by atoms with Gasteiger partial charge in [-0.1, -0.05) is 11.8 Å². The van der Waals surface area contributed by atoms with Gasteiger partial charge in [0.05, 0.1) is 0 Å². The number of rotatable bonds is 1. The van der Waals surface area contributed by atoms with Crippen molar-refractivity contribution >= 4 is 23.6 Å². The average molecular weight is 145 g/mol. The molecule has 52 valence electrons. The normalized spacial score (nSPS) is 11.2. The van der Waals surface area contributed by atoms with E-state index in [4.69, 9.17) is 0 Å². The van der Waals surface area contributed by atoms with Gasteiger partial charge in [-0.2, -0.15) is 5.10 Å². The van der Waals surface area contributed by atoms with E-state index in [0.717, 1.165) is 0 Å². The van der Waals surface area contributed by atoms with Crippen molar-refractivity contribution in [1.29, 1.82) is 0 Å². The van der Waals surface area contributed by atoms with E-state index in [1.165, 1.54) is 11.8 Å². The summed E-state index contributed by atoms with van der Waals surface area (Å²) in [7, 11) is 3.70. The fourth-order valence-corrected chi connectivity index (χ4v) is 0.682. The maximum atomic E-state index is 4.00. The van der Waals surface area contributed by atoms with Crippen LogP contribution in [0.5, 0.6) is 0 Å². The Morgan fingerprint density at radius 1 is 1.56 bits per heavy atom. The van der Waals surface area contributed by atoms with E-state index >= 15 is 0 Å². The second-order valence-corrected chi connectivity index (χ2v) is 2.37. The molecule has 0 rings (SSSR count). The van der Waals surface area contributed by atoms with E-state index in [1.807, 2.05) is 20.4 Å². The van der Waals surface area contributed by atoms with Crippen LogP contribution in [-0.2, 0) is 0 Å². The highest BCUT2D eigenvalue weighted by Crippen LogP contribution is 1.98. The number of aliphatic imine (C=N–C) groups is 1. The lowest BCUT2D eigenvalue weighted by atomic mass is 11.1. The van der Waals surface area contributed by atoms with Crippen molar-refractivity contribution in [2.75, 3.05) is 20.4 Å². The zero-order valence-corrected chi connectivity index (χ0v) is 6.77. The van der Waals surface area contributed by atoms with Crippen LogP contribution in [0.2, 0.25) is 0 Å². The molecule has 0 unspecified atom stereocenters. The Kier molecular flexibility index (Phi) is 4.13. The van der Waals surface area contributed by atoms with Crippen LogP contribution in [0.25, 0.3) is 0 Å². The predicted molar refractivity (Wildman–Crippen MR) is 44.2 cm³/mol. The van der Waals surface area contributed by atoms with E-state index in [2.05, 4.69) is 16.8 Å². The van der Waals surface area contributed by atoms with E-state index in [0.29, 0.717) is 5.17 Å².